The lowest BCUT2D eigenvalue weighted by atomic mass is 9.96. The van der Waals surface area contributed by atoms with Crippen LogP contribution in [0.4, 0.5) is 0 Å². The molecule has 7 heteroatoms. The van der Waals surface area contributed by atoms with E-state index in [1.807, 2.05) is 60.5 Å². The van der Waals surface area contributed by atoms with Crippen molar-refractivity contribution >= 4 is 17.3 Å². The molecule has 5 rings (SSSR count). The van der Waals surface area contributed by atoms with E-state index in [2.05, 4.69) is 19.1 Å². The molecule has 0 fully saturated rings. The summed E-state index contributed by atoms with van der Waals surface area (Å²) >= 11 is 6.38. The average Bonchev–Trinajstić information content (AvgIpc) is 3.37. The molecule has 0 amide bonds. The van der Waals surface area contributed by atoms with E-state index >= 15 is 0 Å². The van der Waals surface area contributed by atoms with Crippen molar-refractivity contribution < 1.29 is 18.9 Å². The quantitative estimate of drug-likeness (QED) is 0.258. The van der Waals surface area contributed by atoms with Gasteiger partial charge in [0.05, 0.1) is 32.1 Å². The van der Waals surface area contributed by atoms with E-state index in [0.717, 1.165) is 65.3 Å². The van der Waals surface area contributed by atoms with Crippen LogP contribution in [-0.2, 0) is 0 Å². The Kier molecular flexibility index (Phi) is 7.75. The molecule has 3 aromatic carbocycles. The van der Waals surface area contributed by atoms with Crippen LogP contribution in [0.15, 0.2) is 65.8 Å². The SMILES string of the molecule is CCCCCOc1ccc(C2Oc3ccc(Cl)cc3C3CC(c4ccc(OCC)cc4)=NN32)cc1OC. The Morgan fingerprint density at radius 2 is 1.81 bits per heavy atom. The summed E-state index contributed by atoms with van der Waals surface area (Å²) in [6.07, 6.45) is 3.65. The third-order valence-corrected chi connectivity index (χ3v) is 6.96. The van der Waals surface area contributed by atoms with Gasteiger partial charge >= 0.3 is 0 Å². The van der Waals surface area contributed by atoms with E-state index in [0.29, 0.717) is 24.0 Å². The van der Waals surface area contributed by atoms with Crippen LogP contribution in [-0.4, -0.2) is 31.0 Å². The minimum atomic E-state index is -0.415. The normalized spacial score (nSPS) is 17.9. The van der Waals surface area contributed by atoms with Gasteiger partial charge in [0.2, 0.25) is 6.23 Å². The van der Waals surface area contributed by atoms with Crippen molar-refractivity contribution in [3.63, 3.8) is 0 Å². The molecule has 0 saturated heterocycles. The highest BCUT2D eigenvalue weighted by atomic mass is 35.5. The predicted molar refractivity (Wildman–Crippen MR) is 146 cm³/mol. The molecule has 0 aromatic heterocycles. The molecule has 3 aromatic rings. The fourth-order valence-corrected chi connectivity index (χ4v) is 5.03. The fraction of sp³-hybridized carbons (Fsp3) is 0.367. The average molecular weight is 521 g/mol. The van der Waals surface area contributed by atoms with Crippen molar-refractivity contribution in [1.82, 2.24) is 5.01 Å². The molecule has 2 unspecified atom stereocenters. The Morgan fingerprint density at radius 3 is 2.57 bits per heavy atom. The van der Waals surface area contributed by atoms with Gasteiger partial charge in [-0.25, -0.2) is 5.01 Å². The van der Waals surface area contributed by atoms with Gasteiger partial charge in [-0.2, -0.15) is 5.10 Å². The van der Waals surface area contributed by atoms with E-state index in [1.165, 1.54) is 0 Å². The largest absolute Gasteiger partial charge is 0.494 e. The summed E-state index contributed by atoms with van der Waals surface area (Å²) in [5.74, 6) is 3.09. The fourth-order valence-electron chi connectivity index (χ4n) is 4.85. The molecule has 194 valence electrons. The second kappa shape index (κ2) is 11.3. The molecule has 37 heavy (non-hydrogen) atoms. The zero-order valence-corrected chi connectivity index (χ0v) is 22.3. The molecule has 2 heterocycles. The monoisotopic (exact) mass is 520 g/mol. The van der Waals surface area contributed by atoms with Crippen molar-refractivity contribution in [2.45, 2.75) is 51.8 Å². The molecular weight excluding hydrogens is 488 g/mol. The van der Waals surface area contributed by atoms with E-state index in [4.69, 9.17) is 35.6 Å². The van der Waals surface area contributed by atoms with Crippen LogP contribution >= 0.6 is 11.6 Å². The molecule has 0 N–H and O–H groups in total. The first-order valence-corrected chi connectivity index (χ1v) is 13.3. The van der Waals surface area contributed by atoms with Gasteiger partial charge in [-0.3, -0.25) is 0 Å². The molecule has 0 spiro atoms. The number of nitrogens with zero attached hydrogens (tertiary/aromatic N) is 2. The topological polar surface area (TPSA) is 52.5 Å². The minimum Gasteiger partial charge on any atom is -0.494 e. The Labute approximate surface area is 223 Å². The number of hydrazone groups is 1. The van der Waals surface area contributed by atoms with Crippen LogP contribution < -0.4 is 18.9 Å². The zero-order chi connectivity index (χ0) is 25.8. The lowest BCUT2D eigenvalue weighted by molar-refractivity contribution is -0.0191. The maximum atomic E-state index is 6.52. The van der Waals surface area contributed by atoms with Crippen molar-refractivity contribution in [3.8, 4) is 23.0 Å². The smallest absolute Gasteiger partial charge is 0.214 e. The highest BCUT2D eigenvalue weighted by molar-refractivity contribution is 6.30. The number of fused-ring (bicyclic) bond motifs is 3. The third-order valence-electron chi connectivity index (χ3n) is 6.73. The first-order chi connectivity index (χ1) is 18.1. The van der Waals surface area contributed by atoms with Gasteiger partial charge in [0, 0.05) is 22.6 Å². The van der Waals surface area contributed by atoms with Crippen LogP contribution in [0.1, 0.15) is 68.5 Å². The second-order valence-corrected chi connectivity index (χ2v) is 9.66. The molecule has 0 bridgehead atoms. The van der Waals surface area contributed by atoms with Crippen molar-refractivity contribution in [3.05, 3.63) is 82.4 Å². The maximum Gasteiger partial charge on any atom is 0.214 e. The lowest BCUT2D eigenvalue weighted by Crippen LogP contribution is -2.33. The van der Waals surface area contributed by atoms with Gasteiger partial charge < -0.3 is 18.9 Å². The number of unbranched alkanes of at least 4 members (excludes halogenated alkanes) is 2. The minimum absolute atomic E-state index is 0.00461. The summed E-state index contributed by atoms with van der Waals surface area (Å²) in [7, 11) is 1.66. The molecule has 0 saturated carbocycles. The highest BCUT2D eigenvalue weighted by Crippen LogP contribution is 2.49. The predicted octanol–water partition coefficient (Wildman–Crippen LogP) is 7.56. The van der Waals surface area contributed by atoms with E-state index in [-0.39, 0.29) is 6.04 Å². The first kappa shape index (κ1) is 25.3. The summed E-state index contributed by atoms with van der Waals surface area (Å²) in [4.78, 5) is 0. The second-order valence-electron chi connectivity index (χ2n) is 9.22. The summed E-state index contributed by atoms with van der Waals surface area (Å²) in [5, 5.41) is 7.78. The van der Waals surface area contributed by atoms with Crippen molar-refractivity contribution in [1.29, 1.82) is 0 Å². The summed E-state index contributed by atoms with van der Waals surface area (Å²) < 4.78 is 23.8. The van der Waals surface area contributed by atoms with Gasteiger partial charge in [-0.05, 0) is 79.6 Å². The van der Waals surface area contributed by atoms with E-state index in [1.54, 1.807) is 7.11 Å². The molecule has 6 nitrogen and oxygen atoms in total. The van der Waals surface area contributed by atoms with Crippen LogP contribution in [0.5, 0.6) is 23.0 Å². The van der Waals surface area contributed by atoms with Gasteiger partial charge in [0.25, 0.3) is 0 Å². The molecule has 2 aliphatic rings. The van der Waals surface area contributed by atoms with Crippen LogP contribution in [0, 0.1) is 0 Å². The van der Waals surface area contributed by atoms with Gasteiger partial charge in [-0.15, -0.1) is 0 Å². The molecule has 0 aliphatic carbocycles. The van der Waals surface area contributed by atoms with Crippen LogP contribution in [0.25, 0.3) is 0 Å². The molecule has 2 atom stereocenters. The Balaban J connectivity index is 1.47. The Bertz CT molecular complexity index is 1260. The maximum absolute atomic E-state index is 6.52. The Morgan fingerprint density at radius 1 is 0.973 bits per heavy atom. The zero-order valence-electron chi connectivity index (χ0n) is 21.6. The number of rotatable bonds is 10. The molecule has 0 radical (unpaired) electrons. The molecular formula is C30H33ClN2O4. The summed E-state index contributed by atoms with van der Waals surface area (Å²) in [6.45, 7) is 5.47. The first-order valence-electron chi connectivity index (χ1n) is 13.0. The number of hydrogen-bond acceptors (Lipinski definition) is 6. The summed E-state index contributed by atoms with van der Waals surface area (Å²) in [5.41, 5.74) is 4.04. The summed E-state index contributed by atoms with van der Waals surface area (Å²) in [6, 6.07) is 19.9. The number of methoxy groups -OCH3 is 1. The third kappa shape index (κ3) is 5.35. The van der Waals surface area contributed by atoms with E-state index in [9.17, 15) is 0 Å². The number of ether oxygens (including phenoxy) is 4. The van der Waals surface area contributed by atoms with Crippen LogP contribution in [0.3, 0.4) is 0 Å². The van der Waals surface area contributed by atoms with Gasteiger partial charge in [0.1, 0.15) is 11.5 Å². The number of hydrogen-bond donors (Lipinski definition) is 0. The highest BCUT2D eigenvalue weighted by Gasteiger charge is 2.41. The van der Waals surface area contributed by atoms with E-state index < -0.39 is 6.23 Å². The van der Waals surface area contributed by atoms with Crippen molar-refractivity contribution in [2.24, 2.45) is 5.10 Å². The van der Waals surface area contributed by atoms with Crippen molar-refractivity contribution in [2.75, 3.05) is 20.3 Å². The van der Waals surface area contributed by atoms with Gasteiger partial charge in [0.15, 0.2) is 11.5 Å². The van der Waals surface area contributed by atoms with Gasteiger partial charge in [-0.1, -0.05) is 31.4 Å². The van der Waals surface area contributed by atoms with Crippen LogP contribution in [0.2, 0.25) is 5.02 Å². The number of halogens is 1. The molecule has 2 aliphatic heterocycles. The Hall–Kier alpha value is -3.38. The number of benzene rings is 3. The standard InChI is InChI=1S/C30H33ClN2O4/c1-4-6-7-16-36-28-14-10-21(17-29(28)34-3)30-33-26(24-18-22(31)11-15-27(24)37-30)19-25(32-33)20-8-12-23(13-9-20)35-5-2/h8-15,17-18,26,30H,4-7,16,19H2,1-3H3. The lowest BCUT2D eigenvalue weighted by Gasteiger charge is -2.38.